The van der Waals surface area contributed by atoms with E-state index >= 15 is 0 Å². The van der Waals surface area contributed by atoms with Gasteiger partial charge in [0.05, 0.1) is 18.3 Å². The highest BCUT2D eigenvalue weighted by Gasteiger charge is 2.34. The van der Waals surface area contributed by atoms with E-state index in [-0.39, 0.29) is 0 Å². The Morgan fingerprint density at radius 1 is 1.05 bits per heavy atom. The van der Waals surface area contributed by atoms with Crippen molar-refractivity contribution in [2.75, 3.05) is 19.6 Å². The van der Waals surface area contributed by atoms with Gasteiger partial charge in [0.2, 0.25) is 0 Å². The highest BCUT2D eigenvalue weighted by atomic mass is 16.5. The van der Waals surface area contributed by atoms with Gasteiger partial charge in [-0.1, -0.05) is 42.5 Å². The van der Waals surface area contributed by atoms with Crippen molar-refractivity contribution in [3.63, 3.8) is 0 Å². The minimum absolute atomic E-state index is 0.378. The molecule has 0 aromatic heterocycles. The van der Waals surface area contributed by atoms with Crippen LogP contribution in [0.15, 0.2) is 42.5 Å². The van der Waals surface area contributed by atoms with Crippen LogP contribution in [0.3, 0.4) is 0 Å². The van der Waals surface area contributed by atoms with Crippen LogP contribution in [0.4, 0.5) is 0 Å². The first-order chi connectivity index (χ1) is 10.3. The van der Waals surface area contributed by atoms with Crippen LogP contribution >= 0.6 is 0 Å². The first kappa shape index (κ1) is 13.3. The van der Waals surface area contributed by atoms with E-state index in [1.54, 1.807) is 0 Å². The molecule has 3 nitrogen and oxygen atoms in total. The average Bonchev–Trinajstić information content (AvgIpc) is 2.85. The Morgan fingerprint density at radius 3 is 2.57 bits per heavy atom. The van der Waals surface area contributed by atoms with Gasteiger partial charge in [0.25, 0.3) is 0 Å². The van der Waals surface area contributed by atoms with Crippen LogP contribution in [0.1, 0.15) is 24.5 Å². The van der Waals surface area contributed by atoms with Crippen molar-refractivity contribution < 1.29 is 9.84 Å². The lowest BCUT2D eigenvalue weighted by molar-refractivity contribution is -0.0496. The molecule has 0 amide bonds. The molecule has 0 aliphatic carbocycles. The topological polar surface area (TPSA) is 32.7 Å². The van der Waals surface area contributed by atoms with Gasteiger partial charge >= 0.3 is 0 Å². The Bertz CT molecular complexity index is 625. The number of β-amino-alcohol motifs (C(OH)–C–C–N with tert-alkyl or cyclic N) is 1. The molecule has 2 aromatic carbocycles. The quantitative estimate of drug-likeness (QED) is 0.940. The van der Waals surface area contributed by atoms with Gasteiger partial charge in [0.1, 0.15) is 0 Å². The fourth-order valence-electron chi connectivity index (χ4n) is 3.73. The molecule has 2 bridgehead atoms. The van der Waals surface area contributed by atoms with Gasteiger partial charge < -0.3 is 9.84 Å². The maximum Gasteiger partial charge on any atom is 0.0922 e. The third kappa shape index (κ3) is 2.57. The number of rotatable bonds is 3. The maximum atomic E-state index is 10.7. The average molecular weight is 283 g/mol. The first-order valence-corrected chi connectivity index (χ1v) is 7.83. The zero-order chi connectivity index (χ0) is 14.2. The van der Waals surface area contributed by atoms with E-state index in [1.807, 2.05) is 24.3 Å². The molecule has 3 atom stereocenters. The second-order valence-electron chi connectivity index (χ2n) is 6.26. The smallest absolute Gasteiger partial charge is 0.0922 e. The minimum Gasteiger partial charge on any atom is -0.387 e. The highest BCUT2D eigenvalue weighted by Crippen LogP contribution is 2.29. The number of nitrogens with zero attached hydrogens (tertiary/aromatic N) is 1. The fourth-order valence-corrected chi connectivity index (χ4v) is 3.73. The van der Waals surface area contributed by atoms with Crippen molar-refractivity contribution in [1.82, 2.24) is 4.90 Å². The number of morpholine rings is 1. The van der Waals surface area contributed by atoms with Crippen LogP contribution in [-0.4, -0.2) is 41.8 Å². The SMILES string of the molecule is OC(CN1CC2CCC(C1)O2)c1cccc2ccccc12. The van der Waals surface area contributed by atoms with Crippen LogP contribution in [0.5, 0.6) is 0 Å². The minimum atomic E-state index is -0.436. The number of fused-ring (bicyclic) bond motifs is 3. The number of hydrogen-bond acceptors (Lipinski definition) is 3. The zero-order valence-electron chi connectivity index (χ0n) is 12.1. The number of ether oxygens (including phenoxy) is 1. The molecule has 1 N–H and O–H groups in total. The van der Waals surface area contributed by atoms with Gasteiger partial charge in [-0.25, -0.2) is 0 Å². The predicted molar refractivity (Wildman–Crippen MR) is 83.2 cm³/mol. The molecule has 3 unspecified atom stereocenters. The second-order valence-corrected chi connectivity index (χ2v) is 6.26. The van der Waals surface area contributed by atoms with Crippen LogP contribution in [0.25, 0.3) is 10.8 Å². The standard InChI is InChI=1S/C18H21NO2/c20-18(12-19-10-14-8-9-15(11-19)21-14)17-7-3-5-13-4-1-2-6-16(13)17/h1-7,14-15,18,20H,8-12H2. The number of likely N-dealkylation sites (tertiary alicyclic amines) is 1. The Kier molecular flexibility index (Phi) is 3.42. The summed E-state index contributed by atoms with van der Waals surface area (Å²) < 4.78 is 5.86. The molecule has 2 aliphatic heterocycles. The molecule has 2 fully saturated rings. The molecule has 0 saturated carbocycles. The van der Waals surface area contributed by atoms with E-state index in [0.717, 1.165) is 24.0 Å². The molecule has 2 aromatic rings. The number of aliphatic hydroxyl groups excluding tert-OH is 1. The molecule has 2 saturated heterocycles. The molecule has 3 heteroatoms. The molecule has 0 spiro atoms. The third-order valence-electron chi connectivity index (χ3n) is 4.73. The van der Waals surface area contributed by atoms with Crippen molar-refractivity contribution in [2.45, 2.75) is 31.2 Å². The van der Waals surface area contributed by atoms with Gasteiger partial charge in [-0.2, -0.15) is 0 Å². The molecular weight excluding hydrogens is 262 g/mol. The summed E-state index contributed by atoms with van der Waals surface area (Å²) in [5, 5.41) is 13.0. The Morgan fingerprint density at radius 2 is 1.76 bits per heavy atom. The summed E-state index contributed by atoms with van der Waals surface area (Å²) in [5.41, 5.74) is 1.03. The molecule has 2 heterocycles. The lowest BCUT2D eigenvalue weighted by Gasteiger charge is -2.33. The van der Waals surface area contributed by atoms with Crippen molar-refractivity contribution in [3.8, 4) is 0 Å². The molecular formula is C18H21NO2. The van der Waals surface area contributed by atoms with E-state index in [9.17, 15) is 5.11 Å². The van der Waals surface area contributed by atoms with E-state index < -0.39 is 6.10 Å². The molecule has 0 radical (unpaired) electrons. The van der Waals surface area contributed by atoms with Crippen LogP contribution in [-0.2, 0) is 4.74 Å². The molecule has 4 rings (SSSR count). The first-order valence-electron chi connectivity index (χ1n) is 7.83. The summed E-state index contributed by atoms with van der Waals surface area (Å²) in [6.07, 6.45) is 2.66. The maximum absolute atomic E-state index is 10.7. The second kappa shape index (κ2) is 5.41. The van der Waals surface area contributed by atoms with E-state index in [4.69, 9.17) is 4.74 Å². The van der Waals surface area contributed by atoms with Crippen molar-refractivity contribution in [3.05, 3.63) is 48.0 Å². The zero-order valence-corrected chi connectivity index (χ0v) is 12.1. The summed E-state index contributed by atoms with van der Waals surface area (Å²) in [7, 11) is 0. The van der Waals surface area contributed by atoms with Crippen LogP contribution < -0.4 is 0 Å². The van der Waals surface area contributed by atoms with E-state index in [1.165, 1.54) is 18.2 Å². The van der Waals surface area contributed by atoms with Gasteiger partial charge in [-0.15, -0.1) is 0 Å². The Labute approximate surface area is 125 Å². The summed E-state index contributed by atoms with van der Waals surface area (Å²) in [6.45, 7) is 2.61. The summed E-state index contributed by atoms with van der Waals surface area (Å²) in [6, 6.07) is 14.4. The normalized spacial score (nSPS) is 27.1. The van der Waals surface area contributed by atoms with Gasteiger partial charge in [-0.3, -0.25) is 4.90 Å². The van der Waals surface area contributed by atoms with Crippen molar-refractivity contribution in [2.24, 2.45) is 0 Å². The Balaban J connectivity index is 1.55. The number of aliphatic hydroxyl groups is 1. The van der Waals surface area contributed by atoms with Crippen LogP contribution in [0, 0.1) is 0 Å². The van der Waals surface area contributed by atoms with Crippen molar-refractivity contribution in [1.29, 1.82) is 0 Å². The van der Waals surface area contributed by atoms with Gasteiger partial charge in [0.15, 0.2) is 0 Å². The Hall–Kier alpha value is -1.42. The summed E-state index contributed by atoms with van der Waals surface area (Å²) >= 11 is 0. The molecule has 21 heavy (non-hydrogen) atoms. The summed E-state index contributed by atoms with van der Waals surface area (Å²) in [5.74, 6) is 0. The molecule has 2 aliphatic rings. The van der Waals surface area contributed by atoms with Crippen molar-refractivity contribution >= 4 is 10.8 Å². The molecule has 110 valence electrons. The van der Waals surface area contributed by atoms with Gasteiger partial charge in [-0.05, 0) is 29.2 Å². The van der Waals surface area contributed by atoms with E-state index in [2.05, 4.69) is 23.1 Å². The van der Waals surface area contributed by atoms with E-state index in [0.29, 0.717) is 18.8 Å². The monoisotopic (exact) mass is 283 g/mol. The van der Waals surface area contributed by atoms with Crippen LogP contribution in [0.2, 0.25) is 0 Å². The predicted octanol–water partition coefficient (Wildman–Crippen LogP) is 2.74. The fraction of sp³-hybridized carbons (Fsp3) is 0.444. The number of benzene rings is 2. The lowest BCUT2D eigenvalue weighted by Crippen LogP contribution is -2.44. The summed E-state index contributed by atoms with van der Waals surface area (Å²) in [4.78, 5) is 2.36. The lowest BCUT2D eigenvalue weighted by atomic mass is 10.00. The largest absolute Gasteiger partial charge is 0.387 e. The highest BCUT2D eigenvalue weighted by molar-refractivity contribution is 5.85. The number of hydrogen-bond donors (Lipinski definition) is 1. The third-order valence-corrected chi connectivity index (χ3v) is 4.73. The van der Waals surface area contributed by atoms with Gasteiger partial charge in [0, 0.05) is 19.6 Å².